The summed E-state index contributed by atoms with van der Waals surface area (Å²) < 4.78 is 0. The van der Waals surface area contributed by atoms with Crippen molar-refractivity contribution in [2.45, 2.75) is 52.2 Å². The second kappa shape index (κ2) is 8.20. The maximum Gasteiger partial charge on any atom is 0.0543 e. The van der Waals surface area contributed by atoms with Gasteiger partial charge in [-0.15, -0.1) is 11.3 Å². The van der Waals surface area contributed by atoms with Crippen molar-refractivity contribution >= 4 is 11.3 Å². The molecule has 2 aromatic rings. The molecule has 2 aromatic heterocycles. The minimum atomic E-state index is 0.702. The highest BCUT2D eigenvalue weighted by Gasteiger charge is 2.34. The van der Waals surface area contributed by atoms with Crippen molar-refractivity contribution in [2.24, 2.45) is 11.8 Å². The summed E-state index contributed by atoms with van der Waals surface area (Å²) in [5, 5.41) is 0. The molecule has 0 aliphatic carbocycles. The number of hydrogen-bond donors (Lipinski definition) is 0. The molecule has 0 spiro atoms. The monoisotopic (exact) mass is 369 g/mol. The number of rotatable bonds is 6. The average molecular weight is 370 g/mol. The highest BCUT2D eigenvalue weighted by Crippen LogP contribution is 2.31. The third kappa shape index (κ3) is 4.54. The van der Waals surface area contributed by atoms with Gasteiger partial charge in [0.2, 0.25) is 0 Å². The summed E-state index contributed by atoms with van der Waals surface area (Å²) in [7, 11) is 0. The fourth-order valence-corrected chi connectivity index (χ4v) is 5.80. The van der Waals surface area contributed by atoms with Gasteiger partial charge in [-0.05, 0) is 55.4 Å². The molecule has 3 aliphatic rings. The van der Waals surface area contributed by atoms with Crippen LogP contribution in [-0.2, 0) is 19.5 Å². The third-order valence-corrected chi connectivity index (χ3v) is 6.79. The summed E-state index contributed by atoms with van der Waals surface area (Å²) in [6, 6.07) is 11.7. The Kier molecular flexibility index (Phi) is 5.72. The summed E-state index contributed by atoms with van der Waals surface area (Å²) in [6.45, 7) is 10.4. The number of piperidine rings is 1. The van der Waals surface area contributed by atoms with E-state index in [0.717, 1.165) is 24.9 Å². The Bertz CT molecular complexity index is 696. The van der Waals surface area contributed by atoms with Gasteiger partial charge in [0.1, 0.15) is 0 Å². The van der Waals surface area contributed by atoms with E-state index in [0.29, 0.717) is 6.04 Å². The first kappa shape index (κ1) is 18.1. The fraction of sp³-hybridized carbons (Fsp3) is 0.591. The molecular formula is C22H31N3S. The number of nitrogens with zero attached hydrogens (tertiary/aromatic N) is 3. The molecular weight excluding hydrogens is 338 g/mol. The molecule has 0 amide bonds. The molecule has 2 atom stereocenters. The molecule has 0 saturated carbocycles. The molecule has 0 N–H and O–H groups in total. The van der Waals surface area contributed by atoms with Crippen molar-refractivity contribution in [2.75, 3.05) is 19.6 Å². The largest absolute Gasteiger partial charge is 0.296 e. The van der Waals surface area contributed by atoms with Crippen LogP contribution in [0.25, 0.3) is 0 Å². The SMILES string of the molecule is CC(C)Cc1ccc(CN2C[C@@H]3CC[C@H]2CN(Cc2ccccn2)C3)s1. The van der Waals surface area contributed by atoms with E-state index in [4.69, 9.17) is 0 Å². The van der Waals surface area contributed by atoms with E-state index >= 15 is 0 Å². The minimum absolute atomic E-state index is 0.702. The zero-order valence-corrected chi connectivity index (χ0v) is 16.9. The first-order valence-electron chi connectivity index (χ1n) is 10.1. The van der Waals surface area contributed by atoms with Crippen molar-refractivity contribution in [3.05, 3.63) is 52.0 Å². The van der Waals surface area contributed by atoms with Gasteiger partial charge >= 0.3 is 0 Å². The van der Waals surface area contributed by atoms with E-state index in [2.05, 4.69) is 52.9 Å². The Hall–Kier alpha value is -1.23. The summed E-state index contributed by atoms with van der Waals surface area (Å²) in [4.78, 5) is 13.0. The van der Waals surface area contributed by atoms with Gasteiger partial charge in [-0.25, -0.2) is 0 Å². The molecule has 0 aromatic carbocycles. The van der Waals surface area contributed by atoms with Gasteiger partial charge in [-0.2, -0.15) is 0 Å². The molecule has 2 bridgehead atoms. The molecule has 0 unspecified atom stereocenters. The van der Waals surface area contributed by atoms with Crippen LogP contribution in [0.15, 0.2) is 36.5 Å². The van der Waals surface area contributed by atoms with Gasteiger partial charge in [0.25, 0.3) is 0 Å². The number of fused-ring (bicyclic) bond motifs is 4. The Labute approximate surface area is 162 Å². The van der Waals surface area contributed by atoms with Crippen molar-refractivity contribution in [3.63, 3.8) is 0 Å². The van der Waals surface area contributed by atoms with Crippen LogP contribution in [0.4, 0.5) is 0 Å². The molecule has 140 valence electrons. The van der Waals surface area contributed by atoms with Crippen LogP contribution >= 0.6 is 11.3 Å². The van der Waals surface area contributed by atoms with Crippen LogP contribution in [0.3, 0.4) is 0 Å². The Balaban J connectivity index is 1.39. The highest BCUT2D eigenvalue weighted by molar-refractivity contribution is 7.11. The first-order chi connectivity index (χ1) is 12.7. The van der Waals surface area contributed by atoms with Crippen molar-refractivity contribution in [1.82, 2.24) is 14.8 Å². The standard InChI is InChI=1S/C22H31N3S/c1-17(2)11-21-8-9-22(26-21)16-25-13-18-6-7-20(25)15-24(12-18)14-19-5-3-4-10-23-19/h3-5,8-10,17-18,20H,6-7,11-16H2,1-2H3/t18-,20+/m1/s1. The van der Waals surface area contributed by atoms with Gasteiger partial charge in [-0.3, -0.25) is 14.8 Å². The highest BCUT2D eigenvalue weighted by atomic mass is 32.1. The quantitative estimate of drug-likeness (QED) is 0.750. The Morgan fingerprint density at radius 1 is 1.04 bits per heavy atom. The van der Waals surface area contributed by atoms with E-state index < -0.39 is 0 Å². The van der Waals surface area contributed by atoms with Gasteiger partial charge < -0.3 is 0 Å². The average Bonchev–Trinajstić information content (AvgIpc) is 2.86. The molecule has 3 saturated heterocycles. The lowest BCUT2D eigenvalue weighted by Gasteiger charge is -2.35. The molecule has 26 heavy (non-hydrogen) atoms. The zero-order valence-electron chi connectivity index (χ0n) is 16.1. The summed E-state index contributed by atoms with van der Waals surface area (Å²) >= 11 is 2.03. The van der Waals surface area contributed by atoms with Gasteiger partial charge in [0, 0.05) is 54.7 Å². The van der Waals surface area contributed by atoms with Gasteiger partial charge in [0.05, 0.1) is 5.69 Å². The topological polar surface area (TPSA) is 19.4 Å². The van der Waals surface area contributed by atoms with Crippen LogP contribution in [0.5, 0.6) is 0 Å². The first-order valence-corrected chi connectivity index (χ1v) is 10.9. The van der Waals surface area contributed by atoms with Crippen LogP contribution < -0.4 is 0 Å². The third-order valence-electron chi connectivity index (χ3n) is 5.70. The molecule has 0 radical (unpaired) electrons. The van der Waals surface area contributed by atoms with E-state index in [1.807, 2.05) is 23.6 Å². The summed E-state index contributed by atoms with van der Waals surface area (Å²) in [5.74, 6) is 1.56. The van der Waals surface area contributed by atoms with Gasteiger partial charge in [0.15, 0.2) is 0 Å². The maximum absolute atomic E-state index is 4.53. The van der Waals surface area contributed by atoms with Crippen LogP contribution in [0.2, 0.25) is 0 Å². The number of thiophene rings is 1. The maximum atomic E-state index is 4.53. The second-order valence-electron chi connectivity index (χ2n) is 8.51. The predicted molar refractivity (Wildman–Crippen MR) is 109 cm³/mol. The van der Waals surface area contributed by atoms with Crippen LogP contribution in [-0.4, -0.2) is 40.5 Å². The predicted octanol–water partition coefficient (Wildman–Crippen LogP) is 4.44. The number of pyridine rings is 1. The Morgan fingerprint density at radius 2 is 1.92 bits per heavy atom. The van der Waals surface area contributed by atoms with Crippen molar-refractivity contribution in [1.29, 1.82) is 0 Å². The minimum Gasteiger partial charge on any atom is -0.296 e. The molecule has 4 heteroatoms. The van der Waals surface area contributed by atoms with E-state index in [9.17, 15) is 0 Å². The number of aromatic nitrogens is 1. The second-order valence-corrected chi connectivity index (χ2v) is 9.76. The van der Waals surface area contributed by atoms with E-state index in [1.54, 1.807) is 9.75 Å². The lowest BCUT2D eigenvalue weighted by atomic mass is 9.95. The molecule has 3 fully saturated rings. The smallest absolute Gasteiger partial charge is 0.0543 e. The molecule has 3 aliphatic heterocycles. The molecule has 3 nitrogen and oxygen atoms in total. The Morgan fingerprint density at radius 3 is 2.73 bits per heavy atom. The van der Waals surface area contributed by atoms with E-state index in [1.165, 1.54) is 44.6 Å². The molecule has 5 heterocycles. The fourth-order valence-electron chi connectivity index (χ4n) is 4.54. The zero-order chi connectivity index (χ0) is 17.9. The van der Waals surface area contributed by atoms with Crippen LogP contribution in [0, 0.1) is 11.8 Å². The lowest BCUT2D eigenvalue weighted by molar-refractivity contribution is 0.124. The van der Waals surface area contributed by atoms with Gasteiger partial charge in [-0.1, -0.05) is 19.9 Å². The summed E-state index contributed by atoms with van der Waals surface area (Å²) in [5.41, 5.74) is 1.21. The van der Waals surface area contributed by atoms with Crippen molar-refractivity contribution in [3.8, 4) is 0 Å². The van der Waals surface area contributed by atoms with E-state index in [-0.39, 0.29) is 0 Å². The lowest BCUT2D eigenvalue weighted by Crippen LogP contribution is -2.43. The summed E-state index contributed by atoms with van der Waals surface area (Å²) in [6.07, 6.45) is 5.88. The number of hydrogen-bond acceptors (Lipinski definition) is 4. The normalized spacial score (nSPS) is 24.3. The van der Waals surface area contributed by atoms with Crippen LogP contribution in [0.1, 0.15) is 42.1 Å². The molecule has 5 rings (SSSR count). The van der Waals surface area contributed by atoms with Crippen molar-refractivity contribution < 1.29 is 0 Å².